The van der Waals surface area contributed by atoms with Gasteiger partial charge in [-0.1, -0.05) is 32.4 Å². The summed E-state index contributed by atoms with van der Waals surface area (Å²) in [5.41, 5.74) is 6.88. The van der Waals surface area contributed by atoms with Crippen LogP contribution in [0.3, 0.4) is 0 Å². The Bertz CT molecular complexity index is 473. The van der Waals surface area contributed by atoms with Crippen molar-refractivity contribution in [2.45, 2.75) is 51.7 Å². The molecule has 0 heterocycles. The fraction of sp³-hybridized carbons (Fsp3) is 0.562. The number of carbonyl (C=O) groups excluding carboxylic acids is 1. The summed E-state index contributed by atoms with van der Waals surface area (Å²) in [6.07, 6.45) is 2.92. The van der Waals surface area contributed by atoms with Gasteiger partial charge in [0.15, 0.2) is 0 Å². The summed E-state index contributed by atoms with van der Waals surface area (Å²) in [4.78, 5) is 14.3. The van der Waals surface area contributed by atoms with Crippen LogP contribution in [-0.4, -0.2) is 22.9 Å². The molecule has 1 aliphatic carbocycles. The van der Waals surface area contributed by atoms with Gasteiger partial charge in [-0.25, -0.2) is 4.39 Å². The molecule has 1 unspecified atom stereocenters. The van der Waals surface area contributed by atoms with Crippen LogP contribution >= 0.6 is 0 Å². The van der Waals surface area contributed by atoms with Crippen LogP contribution in [0.2, 0.25) is 0 Å². The second kappa shape index (κ2) is 6.35. The molecule has 0 spiro atoms. The molecule has 1 aromatic rings. The number of benzene rings is 1. The first-order chi connectivity index (χ1) is 9.52. The molecule has 1 fully saturated rings. The molecule has 1 aromatic carbocycles. The van der Waals surface area contributed by atoms with Crippen LogP contribution in [0.25, 0.3) is 0 Å². The van der Waals surface area contributed by atoms with Crippen molar-refractivity contribution in [3.63, 3.8) is 0 Å². The first kappa shape index (κ1) is 15.0. The van der Waals surface area contributed by atoms with E-state index in [4.69, 9.17) is 5.73 Å². The van der Waals surface area contributed by atoms with E-state index in [-0.39, 0.29) is 23.7 Å². The lowest BCUT2D eigenvalue weighted by Crippen LogP contribution is -2.47. The van der Waals surface area contributed by atoms with Crippen LogP contribution in [0.15, 0.2) is 24.3 Å². The lowest BCUT2D eigenvalue weighted by molar-refractivity contribution is -0.135. The maximum absolute atomic E-state index is 13.2. The third kappa shape index (κ3) is 3.57. The number of hydrogen-bond acceptors (Lipinski definition) is 2. The number of halogens is 1. The zero-order valence-corrected chi connectivity index (χ0v) is 12.2. The maximum atomic E-state index is 13.2. The molecule has 1 aliphatic rings. The molecule has 110 valence electrons. The van der Waals surface area contributed by atoms with E-state index >= 15 is 0 Å². The largest absolute Gasteiger partial charge is 0.334 e. The van der Waals surface area contributed by atoms with Crippen molar-refractivity contribution in [2.24, 2.45) is 11.7 Å². The number of carbonyl (C=O) groups is 1. The van der Waals surface area contributed by atoms with Crippen molar-refractivity contribution in [3.05, 3.63) is 35.6 Å². The molecule has 0 aromatic heterocycles. The van der Waals surface area contributed by atoms with Crippen LogP contribution in [0, 0.1) is 11.7 Å². The van der Waals surface area contributed by atoms with Gasteiger partial charge in [-0.2, -0.15) is 0 Å². The highest BCUT2D eigenvalue weighted by atomic mass is 19.1. The normalized spacial score (nSPS) is 17.6. The Morgan fingerprint density at radius 3 is 2.75 bits per heavy atom. The van der Waals surface area contributed by atoms with Gasteiger partial charge in [0.1, 0.15) is 5.82 Å². The summed E-state index contributed by atoms with van der Waals surface area (Å²) < 4.78 is 13.2. The molecule has 0 aliphatic heterocycles. The highest BCUT2D eigenvalue weighted by Crippen LogP contribution is 2.29. The highest BCUT2D eigenvalue weighted by Gasteiger charge is 2.35. The molecule has 2 N–H and O–H groups in total. The average molecular weight is 278 g/mol. The molecule has 0 radical (unpaired) electrons. The predicted molar refractivity (Wildman–Crippen MR) is 77.4 cm³/mol. The van der Waals surface area contributed by atoms with E-state index in [0.29, 0.717) is 6.54 Å². The van der Waals surface area contributed by atoms with Crippen LogP contribution in [0.1, 0.15) is 38.7 Å². The number of rotatable bonds is 6. The van der Waals surface area contributed by atoms with E-state index in [9.17, 15) is 9.18 Å². The smallest absolute Gasteiger partial charge is 0.240 e. The molecule has 20 heavy (non-hydrogen) atoms. The summed E-state index contributed by atoms with van der Waals surface area (Å²) in [5, 5.41) is 0. The minimum Gasteiger partial charge on any atom is -0.334 e. The lowest BCUT2D eigenvalue weighted by atomic mass is 9.98. The fourth-order valence-corrected chi connectivity index (χ4v) is 2.29. The van der Waals surface area contributed by atoms with Crippen LogP contribution in [-0.2, 0) is 11.3 Å². The van der Waals surface area contributed by atoms with Crippen molar-refractivity contribution in [1.29, 1.82) is 0 Å². The third-order valence-electron chi connectivity index (χ3n) is 4.05. The Labute approximate surface area is 120 Å². The van der Waals surface area contributed by atoms with Gasteiger partial charge in [0.25, 0.3) is 0 Å². The molecule has 3 nitrogen and oxygen atoms in total. The van der Waals surface area contributed by atoms with Crippen molar-refractivity contribution >= 4 is 5.91 Å². The molecule has 4 heteroatoms. The van der Waals surface area contributed by atoms with Gasteiger partial charge in [-0.15, -0.1) is 0 Å². The van der Waals surface area contributed by atoms with E-state index < -0.39 is 6.04 Å². The van der Waals surface area contributed by atoms with Gasteiger partial charge in [0, 0.05) is 12.6 Å². The number of nitrogens with zero attached hydrogens (tertiary/aromatic N) is 1. The molecule has 2 rings (SSSR count). The summed E-state index contributed by atoms with van der Waals surface area (Å²) in [6.45, 7) is 4.48. The van der Waals surface area contributed by atoms with Gasteiger partial charge in [0.2, 0.25) is 5.91 Å². The standard InChI is InChI=1S/C16H23FN2O/c1-3-11(2)15(18)16(20)19(14-7-8-14)10-12-5-4-6-13(17)9-12/h4-6,9,11,14-15H,3,7-8,10,18H2,1-2H3/t11?,15-/m0/s1. The highest BCUT2D eigenvalue weighted by molar-refractivity contribution is 5.82. The second-order valence-corrected chi connectivity index (χ2v) is 5.74. The van der Waals surface area contributed by atoms with Crippen LogP contribution in [0.4, 0.5) is 4.39 Å². The van der Waals surface area contributed by atoms with Crippen molar-refractivity contribution in [2.75, 3.05) is 0 Å². The summed E-state index contributed by atoms with van der Waals surface area (Å²) in [6, 6.07) is 6.24. The van der Waals surface area contributed by atoms with E-state index in [0.717, 1.165) is 24.8 Å². The minimum absolute atomic E-state index is 0.00823. The van der Waals surface area contributed by atoms with E-state index in [1.165, 1.54) is 12.1 Å². The van der Waals surface area contributed by atoms with Crippen LogP contribution in [0.5, 0.6) is 0 Å². The Kier molecular flexibility index (Phi) is 4.76. The van der Waals surface area contributed by atoms with Gasteiger partial charge < -0.3 is 10.6 Å². The third-order valence-corrected chi connectivity index (χ3v) is 4.05. The van der Waals surface area contributed by atoms with E-state index in [1.807, 2.05) is 24.8 Å². The second-order valence-electron chi connectivity index (χ2n) is 5.74. The number of nitrogens with two attached hydrogens (primary N) is 1. The molecular weight excluding hydrogens is 255 g/mol. The SMILES string of the molecule is CCC(C)[C@H](N)C(=O)N(Cc1cccc(F)c1)C1CC1. The van der Waals surface area contributed by atoms with Crippen molar-refractivity contribution in [1.82, 2.24) is 4.90 Å². The Hall–Kier alpha value is -1.42. The quantitative estimate of drug-likeness (QED) is 0.869. The lowest BCUT2D eigenvalue weighted by Gasteiger charge is -2.28. The van der Waals surface area contributed by atoms with Crippen molar-refractivity contribution < 1.29 is 9.18 Å². The molecular formula is C16H23FN2O. The van der Waals surface area contributed by atoms with Gasteiger partial charge in [0.05, 0.1) is 6.04 Å². The van der Waals surface area contributed by atoms with Crippen molar-refractivity contribution in [3.8, 4) is 0 Å². The first-order valence-corrected chi connectivity index (χ1v) is 7.33. The molecule has 1 saturated carbocycles. The van der Waals surface area contributed by atoms with Gasteiger partial charge in [-0.3, -0.25) is 4.79 Å². The average Bonchev–Trinajstić information content (AvgIpc) is 3.27. The Balaban J connectivity index is 2.09. The topological polar surface area (TPSA) is 46.3 Å². The van der Waals surface area contributed by atoms with Gasteiger partial charge >= 0.3 is 0 Å². The Morgan fingerprint density at radius 1 is 1.50 bits per heavy atom. The maximum Gasteiger partial charge on any atom is 0.240 e. The number of hydrogen-bond donors (Lipinski definition) is 1. The molecule has 2 atom stereocenters. The summed E-state index contributed by atoms with van der Waals surface area (Å²) in [7, 11) is 0. The number of amides is 1. The minimum atomic E-state index is -0.464. The zero-order valence-electron chi connectivity index (χ0n) is 12.2. The Morgan fingerprint density at radius 2 is 2.20 bits per heavy atom. The van der Waals surface area contributed by atoms with E-state index in [2.05, 4.69) is 0 Å². The fourth-order valence-electron chi connectivity index (χ4n) is 2.29. The molecule has 0 saturated heterocycles. The summed E-state index contributed by atoms with van der Waals surface area (Å²) >= 11 is 0. The predicted octanol–water partition coefficient (Wildman–Crippen LogP) is 2.69. The summed E-state index contributed by atoms with van der Waals surface area (Å²) in [5.74, 6) is -0.112. The molecule has 1 amide bonds. The zero-order chi connectivity index (χ0) is 14.7. The monoisotopic (exact) mass is 278 g/mol. The van der Waals surface area contributed by atoms with Crippen LogP contribution < -0.4 is 5.73 Å². The van der Waals surface area contributed by atoms with E-state index in [1.54, 1.807) is 6.07 Å². The van der Waals surface area contributed by atoms with Gasteiger partial charge in [-0.05, 0) is 36.5 Å². The molecule has 0 bridgehead atoms. The first-order valence-electron chi connectivity index (χ1n) is 7.33.